The van der Waals surface area contributed by atoms with Crippen molar-refractivity contribution in [3.8, 4) is 5.75 Å². The molecule has 1 fully saturated rings. The summed E-state index contributed by atoms with van der Waals surface area (Å²) in [5.41, 5.74) is 0.949. The van der Waals surface area contributed by atoms with Crippen molar-refractivity contribution in [3.05, 3.63) is 22.2 Å². The molecule has 1 aromatic carbocycles. The summed E-state index contributed by atoms with van der Waals surface area (Å²) in [4.78, 5) is 0.244. The van der Waals surface area contributed by atoms with Gasteiger partial charge in [0, 0.05) is 23.0 Å². The molecule has 1 atom stereocenters. The number of hydrogen-bond donors (Lipinski definition) is 2. The van der Waals surface area contributed by atoms with Crippen LogP contribution in [0, 0.1) is 5.92 Å². The van der Waals surface area contributed by atoms with E-state index < -0.39 is 10.0 Å². The second kappa shape index (κ2) is 7.49. The quantitative estimate of drug-likeness (QED) is 0.778. The van der Waals surface area contributed by atoms with Gasteiger partial charge in [-0.15, -0.1) is 12.4 Å². The summed E-state index contributed by atoms with van der Waals surface area (Å²) in [7, 11) is -3.53. The maximum absolute atomic E-state index is 12.5. The van der Waals surface area contributed by atoms with Gasteiger partial charge in [0.25, 0.3) is 0 Å². The molecule has 124 valence electrons. The lowest BCUT2D eigenvalue weighted by atomic mass is 10.1. The Kier molecular flexibility index (Phi) is 6.13. The van der Waals surface area contributed by atoms with Crippen molar-refractivity contribution in [2.75, 3.05) is 26.2 Å². The van der Waals surface area contributed by atoms with Crippen LogP contribution in [0.4, 0.5) is 0 Å². The molecule has 0 saturated carbocycles. The van der Waals surface area contributed by atoms with Crippen LogP contribution < -0.4 is 14.8 Å². The number of rotatable bonds is 5. The predicted octanol–water partition coefficient (Wildman–Crippen LogP) is 2.08. The SMILES string of the molecule is Cl.O=S(=O)(NCCC1CCNC1)c1cc(Br)cc2c1OCC2. The normalized spacial score (nSPS) is 20.3. The van der Waals surface area contributed by atoms with Crippen LogP contribution in [0.3, 0.4) is 0 Å². The van der Waals surface area contributed by atoms with Crippen LogP contribution in [0.1, 0.15) is 18.4 Å². The molecule has 0 bridgehead atoms. The molecular weight excluding hydrogens is 392 g/mol. The minimum atomic E-state index is -3.53. The first kappa shape index (κ1) is 18.0. The molecule has 8 heteroatoms. The van der Waals surface area contributed by atoms with E-state index in [2.05, 4.69) is 26.0 Å². The van der Waals surface area contributed by atoms with E-state index in [0.29, 0.717) is 24.8 Å². The number of nitrogens with one attached hydrogen (secondary N) is 2. The molecule has 0 radical (unpaired) electrons. The highest BCUT2D eigenvalue weighted by Crippen LogP contribution is 2.35. The maximum atomic E-state index is 12.5. The molecule has 2 aliphatic rings. The molecule has 1 unspecified atom stereocenters. The standard InChI is InChI=1S/C14H19BrN2O3S.ClH/c15-12-7-11-3-6-20-14(11)13(8-12)21(18,19)17-5-2-10-1-4-16-9-10;/h7-8,10,16-17H,1-6,9H2;1H. The first-order valence-corrected chi connectivity index (χ1v) is 9.49. The van der Waals surface area contributed by atoms with Gasteiger partial charge in [-0.25, -0.2) is 13.1 Å². The number of hydrogen-bond acceptors (Lipinski definition) is 4. The number of halogens is 2. The Morgan fingerprint density at radius 1 is 1.41 bits per heavy atom. The Morgan fingerprint density at radius 2 is 2.23 bits per heavy atom. The molecule has 0 aromatic heterocycles. The fraction of sp³-hybridized carbons (Fsp3) is 0.571. The highest BCUT2D eigenvalue weighted by atomic mass is 79.9. The van der Waals surface area contributed by atoms with E-state index in [4.69, 9.17) is 4.74 Å². The van der Waals surface area contributed by atoms with Crippen molar-refractivity contribution in [1.82, 2.24) is 10.0 Å². The van der Waals surface area contributed by atoms with Gasteiger partial charge in [-0.3, -0.25) is 0 Å². The van der Waals surface area contributed by atoms with Crippen LogP contribution in [0.15, 0.2) is 21.5 Å². The third kappa shape index (κ3) is 3.94. The van der Waals surface area contributed by atoms with Crippen molar-refractivity contribution in [2.45, 2.75) is 24.2 Å². The topological polar surface area (TPSA) is 67.4 Å². The molecule has 2 N–H and O–H groups in total. The van der Waals surface area contributed by atoms with Crippen LogP contribution >= 0.6 is 28.3 Å². The van der Waals surface area contributed by atoms with E-state index >= 15 is 0 Å². The molecule has 2 aliphatic heterocycles. The van der Waals surface area contributed by atoms with Crippen LogP contribution in [-0.4, -0.2) is 34.7 Å². The predicted molar refractivity (Wildman–Crippen MR) is 91.4 cm³/mol. The van der Waals surface area contributed by atoms with Crippen LogP contribution in [-0.2, 0) is 16.4 Å². The van der Waals surface area contributed by atoms with Gasteiger partial charge in [0.1, 0.15) is 10.6 Å². The van der Waals surface area contributed by atoms with Gasteiger partial charge in [-0.1, -0.05) is 15.9 Å². The van der Waals surface area contributed by atoms with E-state index in [1.807, 2.05) is 6.07 Å². The zero-order valence-electron chi connectivity index (χ0n) is 12.1. The van der Waals surface area contributed by atoms with Gasteiger partial charge in [-0.2, -0.15) is 0 Å². The number of ether oxygens (including phenoxy) is 1. The van der Waals surface area contributed by atoms with E-state index in [9.17, 15) is 8.42 Å². The summed E-state index contributed by atoms with van der Waals surface area (Å²) in [5.74, 6) is 1.07. The lowest BCUT2D eigenvalue weighted by molar-refractivity contribution is 0.348. The lowest BCUT2D eigenvalue weighted by Crippen LogP contribution is -2.27. The minimum Gasteiger partial charge on any atom is -0.492 e. The summed E-state index contributed by atoms with van der Waals surface area (Å²) in [6, 6.07) is 3.54. The molecule has 0 amide bonds. The van der Waals surface area contributed by atoms with Crippen LogP contribution in [0.5, 0.6) is 5.75 Å². The zero-order chi connectivity index (χ0) is 14.9. The largest absolute Gasteiger partial charge is 0.492 e. The molecule has 3 rings (SSSR count). The van der Waals surface area contributed by atoms with E-state index in [0.717, 1.165) is 42.4 Å². The van der Waals surface area contributed by atoms with E-state index in [1.165, 1.54) is 0 Å². The number of benzene rings is 1. The Balaban J connectivity index is 0.00000176. The Bertz CT molecular complexity index is 633. The summed E-state index contributed by atoms with van der Waals surface area (Å²) in [6.45, 7) is 3.03. The Hall–Kier alpha value is -0.340. The second-order valence-corrected chi connectivity index (χ2v) is 8.19. The average molecular weight is 412 g/mol. The van der Waals surface area contributed by atoms with Crippen molar-refractivity contribution in [3.63, 3.8) is 0 Å². The van der Waals surface area contributed by atoms with Gasteiger partial charge in [-0.05, 0) is 44.0 Å². The van der Waals surface area contributed by atoms with Gasteiger partial charge >= 0.3 is 0 Å². The van der Waals surface area contributed by atoms with Crippen LogP contribution in [0.25, 0.3) is 0 Å². The third-order valence-corrected chi connectivity index (χ3v) is 5.94. The van der Waals surface area contributed by atoms with E-state index in [1.54, 1.807) is 6.07 Å². The summed E-state index contributed by atoms with van der Waals surface area (Å²) >= 11 is 3.37. The van der Waals surface area contributed by atoms with Gasteiger partial charge < -0.3 is 10.1 Å². The lowest BCUT2D eigenvalue weighted by Gasteiger charge is -2.12. The molecule has 2 heterocycles. The molecule has 1 aromatic rings. The van der Waals surface area contributed by atoms with Crippen molar-refractivity contribution in [1.29, 1.82) is 0 Å². The minimum absolute atomic E-state index is 0. The number of fused-ring (bicyclic) bond motifs is 1. The van der Waals surface area contributed by atoms with Crippen molar-refractivity contribution >= 4 is 38.4 Å². The Morgan fingerprint density at radius 3 is 2.95 bits per heavy atom. The summed E-state index contributed by atoms with van der Waals surface area (Å²) in [5, 5.41) is 3.29. The first-order valence-electron chi connectivity index (χ1n) is 7.22. The molecule has 5 nitrogen and oxygen atoms in total. The third-order valence-electron chi connectivity index (χ3n) is 4.01. The van der Waals surface area contributed by atoms with E-state index in [-0.39, 0.29) is 17.3 Å². The Labute approximate surface area is 145 Å². The fourth-order valence-corrected chi connectivity index (χ4v) is 4.79. The molecule has 0 spiro atoms. The molecule has 22 heavy (non-hydrogen) atoms. The smallest absolute Gasteiger partial charge is 0.244 e. The van der Waals surface area contributed by atoms with Crippen LogP contribution in [0.2, 0.25) is 0 Å². The van der Waals surface area contributed by atoms with Gasteiger partial charge in [0.05, 0.1) is 6.61 Å². The van der Waals surface area contributed by atoms with Gasteiger partial charge in [0.2, 0.25) is 10.0 Å². The molecule has 0 aliphatic carbocycles. The summed E-state index contributed by atoms with van der Waals surface area (Å²) < 4.78 is 34.0. The highest BCUT2D eigenvalue weighted by molar-refractivity contribution is 9.10. The van der Waals surface area contributed by atoms with Crippen molar-refractivity contribution < 1.29 is 13.2 Å². The average Bonchev–Trinajstić information content (AvgIpc) is 3.08. The highest BCUT2D eigenvalue weighted by Gasteiger charge is 2.26. The van der Waals surface area contributed by atoms with Gasteiger partial charge in [0.15, 0.2) is 0 Å². The monoisotopic (exact) mass is 410 g/mol. The zero-order valence-corrected chi connectivity index (χ0v) is 15.3. The molecular formula is C14H20BrClN2O3S. The maximum Gasteiger partial charge on any atom is 0.244 e. The van der Waals surface area contributed by atoms with Crippen molar-refractivity contribution in [2.24, 2.45) is 5.92 Å². The first-order chi connectivity index (χ1) is 10.1. The number of sulfonamides is 1. The second-order valence-electron chi connectivity index (χ2n) is 5.54. The fourth-order valence-electron chi connectivity index (χ4n) is 2.87. The summed E-state index contributed by atoms with van der Waals surface area (Å²) in [6.07, 6.45) is 2.74. The molecule has 1 saturated heterocycles.